The fourth-order valence-corrected chi connectivity index (χ4v) is 3.90. The van der Waals surface area contributed by atoms with Crippen LogP contribution in [0.25, 0.3) is 0 Å². The van der Waals surface area contributed by atoms with Crippen molar-refractivity contribution in [2.75, 3.05) is 0 Å². The molecule has 0 radical (unpaired) electrons. The number of phenols is 1. The SMILES string of the molecule is CC(C)c1cc(Cc2c(Cl)cc(CC(NC(=O)OC(C)(C)C)C(N)=O)cc2Cl)ccc1O. The van der Waals surface area contributed by atoms with Crippen LogP contribution in [0.3, 0.4) is 0 Å². The van der Waals surface area contributed by atoms with E-state index >= 15 is 0 Å². The molecule has 0 aliphatic carbocycles. The summed E-state index contributed by atoms with van der Waals surface area (Å²) in [5.41, 5.74) is 7.95. The third kappa shape index (κ3) is 7.31. The summed E-state index contributed by atoms with van der Waals surface area (Å²) in [5, 5.41) is 13.4. The van der Waals surface area contributed by atoms with Gasteiger partial charge in [0.15, 0.2) is 0 Å². The minimum absolute atomic E-state index is 0.116. The molecule has 8 heteroatoms. The standard InChI is InChI=1S/C24H30Cl2N2O4/c1-13(2)16-8-14(6-7-21(16)29)9-17-18(25)10-15(11-19(17)26)12-20(22(27)30)28-23(31)32-24(3,4)5/h6-8,10-11,13,20,29H,9,12H2,1-5H3,(H2,27,30)(H,28,31). The molecule has 1 unspecified atom stereocenters. The molecular weight excluding hydrogens is 451 g/mol. The molecular formula is C24H30Cl2N2O4. The fraction of sp³-hybridized carbons (Fsp3) is 0.417. The van der Waals surface area contributed by atoms with Gasteiger partial charge in [-0.1, -0.05) is 49.2 Å². The number of hydrogen-bond acceptors (Lipinski definition) is 4. The molecule has 0 bridgehead atoms. The van der Waals surface area contributed by atoms with E-state index in [1.54, 1.807) is 39.0 Å². The van der Waals surface area contributed by atoms with E-state index in [0.29, 0.717) is 22.0 Å². The van der Waals surface area contributed by atoms with Gasteiger partial charge in [-0.2, -0.15) is 0 Å². The molecule has 0 spiro atoms. The number of ether oxygens (including phenoxy) is 1. The number of primary amides is 1. The van der Waals surface area contributed by atoms with Crippen molar-refractivity contribution in [1.29, 1.82) is 0 Å². The molecule has 2 aromatic rings. The van der Waals surface area contributed by atoms with Crippen molar-refractivity contribution in [2.45, 2.75) is 65.0 Å². The summed E-state index contributed by atoms with van der Waals surface area (Å²) in [4.78, 5) is 23.9. The second-order valence-corrected chi connectivity index (χ2v) is 9.88. The van der Waals surface area contributed by atoms with Crippen LogP contribution in [0.15, 0.2) is 30.3 Å². The molecule has 1 atom stereocenters. The second kappa shape index (κ2) is 10.5. The number of alkyl carbamates (subject to hydrolysis) is 1. The lowest BCUT2D eigenvalue weighted by molar-refractivity contribution is -0.120. The number of benzene rings is 2. The fourth-order valence-electron chi connectivity index (χ4n) is 3.23. The van der Waals surface area contributed by atoms with Crippen LogP contribution in [0.1, 0.15) is 62.8 Å². The van der Waals surface area contributed by atoms with E-state index in [0.717, 1.165) is 16.7 Å². The van der Waals surface area contributed by atoms with Crippen molar-refractivity contribution < 1.29 is 19.4 Å². The molecule has 0 aliphatic heterocycles. The summed E-state index contributed by atoms with van der Waals surface area (Å²) >= 11 is 13.0. The molecule has 32 heavy (non-hydrogen) atoms. The summed E-state index contributed by atoms with van der Waals surface area (Å²) in [6.07, 6.45) is -0.137. The number of nitrogens with one attached hydrogen (secondary N) is 1. The Labute approximate surface area is 199 Å². The third-order valence-corrected chi connectivity index (χ3v) is 5.44. The van der Waals surface area contributed by atoms with Gasteiger partial charge in [-0.05, 0) is 67.1 Å². The number of aromatic hydroxyl groups is 1. The highest BCUT2D eigenvalue weighted by Gasteiger charge is 2.24. The van der Waals surface area contributed by atoms with Crippen LogP contribution in [-0.4, -0.2) is 28.7 Å². The molecule has 4 N–H and O–H groups in total. The molecule has 0 saturated carbocycles. The number of hydrogen-bond donors (Lipinski definition) is 3. The van der Waals surface area contributed by atoms with Crippen molar-refractivity contribution in [3.8, 4) is 5.75 Å². The van der Waals surface area contributed by atoms with Gasteiger partial charge in [-0.3, -0.25) is 4.79 Å². The van der Waals surface area contributed by atoms with Gasteiger partial charge >= 0.3 is 6.09 Å². The minimum atomic E-state index is -0.978. The van der Waals surface area contributed by atoms with Gasteiger partial charge in [0, 0.05) is 22.9 Å². The first-order chi connectivity index (χ1) is 14.8. The molecule has 2 rings (SSSR count). The Balaban J connectivity index is 2.22. The third-order valence-electron chi connectivity index (χ3n) is 4.77. The largest absolute Gasteiger partial charge is 0.508 e. The van der Waals surface area contributed by atoms with Gasteiger partial charge in [-0.15, -0.1) is 0 Å². The van der Waals surface area contributed by atoms with Gasteiger partial charge < -0.3 is 20.9 Å². The molecule has 174 valence electrons. The molecule has 0 fully saturated rings. The number of halogens is 2. The lowest BCUT2D eigenvalue weighted by Crippen LogP contribution is -2.47. The van der Waals surface area contributed by atoms with E-state index in [2.05, 4.69) is 5.32 Å². The van der Waals surface area contributed by atoms with E-state index in [1.165, 1.54) is 0 Å². The first-order valence-electron chi connectivity index (χ1n) is 10.3. The quantitative estimate of drug-likeness (QED) is 0.497. The highest BCUT2D eigenvalue weighted by atomic mass is 35.5. The average Bonchev–Trinajstić information content (AvgIpc) is 2.63. The van der Waals surface area contributed by atoms with Crippen LogP contribution in [0.4, 0.5) is 4.79 Å². The summed E-state index contributed by atoms with van der Waals surface area (Å²) in [6.45, 7) is 9.19. The molecule has 0 aromatic heterocycles. The Bertz CT molecular complexity index is 977. The zero-order valence-electron chi connectivity index (χ0n) is 19.0. The van der Waals surface area contributed by atoms with Crippen LogP contribution in [-0.2, 0) is 22.4 Å². The molecule has 2 aromatic carbocycles. The normalized spacial score (nSPS) is 12.5. The van der Waals surface area contributed by atoms with Crippen LogP contribution in [0, 0.1) is 0 Å². The number of carbonyl (C=O) groups is 2. The van der Waals surface area contributed by atoms with Crippen molar-refractivity contribution in [3.63, 3.8) is 0 Å². The Morgan fingerprint density at radius 2 is 1.69 bits per heavy atom. The topological polar surface area (TPSA) is 102 Å². The lowest BCUT2D eigenvalue weighted by Gasteiger charge is -2.22. The van der Waals surface area contributed by atoms with E-state index in [-0.39, 0.29) is 18.1 Å². The number of nitrogens with two attached hydrogens (primary N) is 1. The van der Waals surface area contributed by atoms with Crippen LogP contribution < -0.4 is 11.1 Å². The molecule has 6 nitrogen and oxygen atoms in total. The van der Waals surface area contributed by atoms with Crippen molar-refractivity contribution in [1.82, 2.24) is 5.32 Å². The number of carbonyl (C=O) groups excluding carboxylic acids is 2. The van der Waals surface area contributed by atoms with E-state index in [9.17, 15) is 14.7 Å². The maximum Gasteiger partial charge on any atom is 0.408 e. The molecule has 0 heterocycles. The van der Waals surface area contributed by atoms with Gasteiger partial charge in [0.05, 0.1) is 0 Å². The number of amides is 2. The van der Waals surface area contributed by atoms with Gasteiger partial charge in [0.25, 0.3) is 0 Å². The molecule has 0 aliphatic rings. The first kappa shape index (κ1) is 25.8. The highest BCUT2D eigenvalue weighted by molar-refractivity contribution is 6.36. The zero-order chi connectivity index (χ0) is 24.2. The summed E-state index contributed by atoms with van der Waals surface area (Å²) in [7, 11) is 0. The Morgan fingerprint density at radius 3 is 2.19 bits per heavy atom. The van der Waals surface area contributed by atoms with Crippen molar-refractivity contribution >= 4 is 35.2 Å². The Morgan fingerprint density at radius 1 is 1.09 bits per heavy atom. The van der Waals surface area contributed by atoms with Gasteiger partial charge in [0.2, 0.25) is 5.91 Å². The number of phenolic OH excluding ortho intramolecular Hbond substituents is 1. The second-order valence-electron chi connectivity index (χ2n) is 9.07. The van der Waals surface area contributed by atoms with Crippen LogP contribution in [0.2, 0.25) is 10.0 Å². The molecule has 0 saturated heterocycles. The van der Waals surface area contributed by atoms with E-state index in [4.69, 9.17) is 33.7 Å². The highest BCUT2D eigenvalue weighted by Crippen LogP contribution is 2.32. The van der Waals surface area contributed by atoms with Gasteiger partial charge in [0.1, 0.15) is 17.4 Å². The van der Waals surface area contributed by atoms with Crippen molar-refractivity contribution in [3.05, 3.63) is 62.6 Å². The monoisotopic (exact) mass is 480 g/mol. The average molecular weight is 481 g/mol. The minimum Gasteiger partial charge on any atom is -0.508 e. The van der Waals surface area contributed by atoms with Gasteiger partial charge in [-0.25, -0.2) is 4.79 Å². The predicted molar refractivity (Wildman–Crippen MR) is 128 cm³/mol. The maximum atomic E-state index is 12.0. The van der Waals surface area contributed by atoms with E-state index in [1.807, 2.05) is 26.0 Å². The number of rotatable bonds is 7. The summed E-state index contributed by atoms with van der Waals surface area (Å²) in [5.74, 6) is -0.268. The zero-order valence-corrected chi connectivity index (χ0v) is 20.5. The van der Waals surface area contributed by atoms with E-state index < -0.39 is 23.6 Å². The van der Waals surface area contributed by atoms with Crippen LogP contribution in [0.5, 0.6) is 5.75 Å². The summed E-state index contributed by atoms with van der Waals surface area (Å²) in [6, 6.07) is 7.87. The Kier molecular flexibility index (Phi) is 8.43. The lowest BCUT2D eigenvalue weighted by atomic mass is 9.95. The van der Waals surface area contributed by atoms with Crippen molar-refractivity contribution in [2.24, 2.45) is 5.73 Å². The molecule has 2 amide bonds. The summed E-state index contributed by atoms with van der Waals surface area (Å²) < 4.78 is 5.20. The predicted octanol–water partition coefficient (Wildman–Crippen LogP) is 5.33. The smallest absolute Gasteiger partial charge is 0.408 e. The van der Waals surface area contributed by atoms with Crippen LogP contribution >= 0.6 is 23.2 Å². The Hall–Kier alpha value is -2.44. The first-order valence-corrected chi connectivity index (χ1v) is 11.1. The maximum absolute atomic E-state index is 12.0.